The quantitative estimate of drug-likeness (QED) is 0.700. The van der Waals surface area contributed by atoms with Gasteiger partial charge in [-0.25, -0.2) is 0 Å². The minimum atomic E-state index is 0.495. The first-order chi connectivity index (χ1) is 12.9. The summed E-state index contributed by atoms with van der Waals surface area (Å²) in [5, 5.41) is 6.43. The molecule has 0 atom stereocenters. The number of para-hydroxylation sites is 1. The van der Waals surface area contributed by atoms with Crippen LogP contribution in [0.3, 0.4) is 0 Å². The highest BCUT2D eigenvalue weighted by Gasteiger charge is 2.17. The Kier molecular flexibility index (Phi) is 4.92. The molecule has 0 aliphatic carbocycles. The minimum absolute atomic E-state index is 0.495. The summed E-state index contributed by atoms with van der Waals surface area (Å²) >= 11 is 0. The van der Waals surface area contributed by atoms with Gasteiger partial charge in [-0.05, 0) is 24.3 Å². The highest BCUT2D eigenvalue weighted by atomic mass is 16.5. The summed E-state index contributed by atoms with van der Waals surface area (Å²) in [6, 6.07) is 13.6. The highest BCUT2D eigenvalue weighted by Crippen LogP contribution is 2.19. The van der Waals surface area contributed by atoms with Crippen molar-refractivity contribution in [1.29, 1.82) is 0 Å². The Morgan fingerprint density at radius 2 is 1.73 bits per heavy atom. The number of morpholine rings is 1. The van der Waals surface area contributed by atoms with Crippen LogP contribution in [0.25, 0.3) is 0 Å². The number of hydrogen-bond acceptors (Lipinski definition) is 8. The molecule has 0 saturated carbocycles. The molecule has 8 heteroatoms. The van der Waals surface area contributed by atoms with Crippen molar-refractivity contribution in [2.45, 2.75) is 6.54 Å². The standard InChI is InChI=1S/C18H20N6O2/c1-2-5-14(6-3-1)20-17-21-16(19-13-15-7-4-10-26-15)22-18(23-17)24-8-11-25-12-9-24/h1-7,10H,8-9,11-13H2,(H2,19,20,21,22,23). The van der Waals surface area contributed by atoms with Gasteiger partial charge in [-0.15, -0.1) is 0 Å². The van der Waals surface area contributed by atoms with Gasteiger partial charge < -0.3 is 24.7 Å². The zero-order valence-corrected chi connectivity index (χ0v) is 14.3. The molecule has 0 unspecified atom stereocenters. The molecule has 1 fully saturated rings. The molecule has 1 saturated heterocycles. The van der Waals surface area contributed by atoms with E-state index in [4.69, 9.17) is 9.15 Å². The zero-order chi connectivity index (χ0) is 17.6. The fraction of sp³-hybridized carbons (Fsp3) is 0.278. The van der Waals surface area contributed by atoms with Gasteiger partial charge in [0.2, 0.25) is 17.8 Å². The van der Waals surface area contributed by atoms with Crippen LogP contribution in [-0.2, 0) is 11.3 Å². The fourth-order valence-corrected chi connectivity index (χ4v) is 2.63. The van der Waals surface area contributed by atoms with E-state index in [0.717, 1.165) is 24.5 Å². The molecule has 8 nitrogen and oxygen atoms in total. The molecule has 0 spiro atoms. The zero-order valence-electron chi connectivity index (χ0n) is 14.3. The Hall–Kier alpha value is -3.13. The lowest BCUT2D eigenvalue weighted by Crippen LogP contribution is -2.37. The summed E-state index contributed by atoms with van der Waals surface area (Å²) < 4.78 is 10.8. The third-order valence-corrected chi connectivity index (χ3v) is 3.95. The number of ether oxygens (including phenoxy) is 1. The van der Waals surface area contributed by atoms with Crippen LogP contribution in [0.5, 0.6) is 0 Å². The SMILES string of the molecule is c1ccc(Nc2nc(NCc3ccco3)nc(N3CCOCC3)n2)cc1. The number of furan rings is 1. The second-order valence-electron chi connectivity index (χ2n) is 5.81. The second-order valence-corrected chi connectivity index (χ2v) is 5.81. The summed E-state index contributed by atoms with van der Waals surface area (Å²) in [5.41, 5.74) is 0.920. The van der Waals surface area contributed by atoms with Gasteiger partial charge in [0.25, 0.3) is 0 Å². The average Bonchev–Trinajstić information content (AvgIpc) is 3.21. The van der Waals surface area contributed by atoms with Crippen molar-refractivity contribution in [2.75, 3.05) is 41.8 Å². The second kappa shape index (κ2) is 7.83. The topological polar surface area (TPSA) is 88.3 Å². The Balaban J connectivity index is 1.57. The summed E-state index contributed by atoms with van der Waals surface area (Å²) in [6.07, 6.45) is 1.64. The van der Waals surface area contributed by atoms with E-state index < -0.39 is 0 Å². The summed E-state index contributed by atoms with van der Waals surface area (Å²) in [7, 11) is 0. The minimum Gasteiger partial charge on any atom is -0.467 e. The number of nitrogens with zero attached hydrogens (tertiary/aromatic N) is 4. The molecule has 1 aliphatic heterocycles. The molecule has 1 aliphatic rings. The van der Waals surface area contributed by atoms with E-state index in [1.54, 1.807) is 6.26 Å². The molecule has 1 aromatic carbocycles. The maximum Gasteiger partial charge on any atom is 0.233 e. The predicted octanol–water partition coefficient (Wildman–Crippen LogP) is 2.66. The summed E-state index contributed by atoms with van der Waals surface area (Å²) in [4.78, 5) is 15.7. The van der Waals surface area contributed by atoms with E-state index in [9.17, 15) is 0 Å². The summed E-state index contributed by atoms with van der Waals surface area (Å²) in [6.45, 7) is 3.35. The molecule has 3 heterocycles. The molecular formula is C18H20N6O2. The van der Waals surface area contributed by atoms with Crippen LogP contribution < -0.4 is 15.5 Å². The first kappa shape index (κ1) is 16.3. The van der Waals surface area contributed by atoms with Crippen molar-refractivity contribution < 1.29 is 9.15 Å². The molecule has 2 aromatic heterocycles. The van der Waals surface area contributed by atoms with E-state index in [2.05, 4.69) is 30.5 Å². The number of rotatable bonds is 6. The van der Waals surface area contributed by atoms with Crippen molar-refractivity contribution in [3.05, 3.63) is 54.5 Å². The van der Waals surface area contributed by atoms with Gasteiger partial charge in [-0.1, -0.05) is 18.2 Å². The lowest BCUT2D eigenvalue weighted by Gasteiger charge is -2.27. The molecule has 4 rings (SSSR count). The largest absolute Gasteiger partial charge is 0.467 e. The van der Waals surface area contributed by atoms with Crippen LogP contribution >= 0.6 is 0 Å². The molecule has 134 valence electrons. The monoisotopic (exact) mass is 352 g/mol. The molecule has 0 amide bonds. The van der Waals surface area contributed by atoms with Gasteiger partial charge in [-0.2, -0.15) is 15.0 Å². The Morgan fingerprint density at radius 1 is 0.923 bits per heavy atom. The van der Waals surface area contributed by atoms with Crippen LogP contribution in [0.15, 0.2) is 53.1 Å². The maximum absolute atomic E-state index is 5.42. The first-order valence-electron chi connectivity index (χ1n) is 8.54. The lowest BCUT2D eigenvalue weighted by molar-refractivity contribution is 0.122. The highest BCUT2D eigenvalue weighted by molar-refractivity contribution is 5.55. The molecule has 2 N–H and O–H groups in total. The van der Waals surface area contributed by atoms with E-state index in [0.29, 0.717) is 37.6 Å². The van der Waals surface area contributed by atoms with Crippen LogP contribution in [-0.4, -0.2) is 41.3 Å². The van der Waals surface area contributed by atoms with Crippen molar-refractivity contribution in [3.8, 4) is 0 Å². The smallest absolute Gasteiger partial charge is 0.233 e. The van der Waals surface area contributed by atoms with Crippen LogP contribution in [0.1, 0.15) is 5.76 Å². The molecule has 0 bridgehead atoms. The average molecular weight is 352 g/mol. The van der Waals surface area contributed by atoms with Crippen molar-refractivity contribution in [1.82, 2.24) is 15.0 Å². The predicted molar refractivity (Wildman–Crippen MR) is 98.6 cm³/mol. The number of nitrogens with one attached hydrogen (secondary N) is 2. The maximum atomic E-state index is 5.42. The van der Waals surface area contributed by atoms with E-state index in [-0.39, 0.29) is 0 Å². The van der Waals surface area contributed by atoms with E-state index in [1.807, 2.05) is 42.5 Å². The van der Waals surface area contributed by atoms with Crippen molar-refractivity contribution in [2.24, 2.45) is 0 Å². The summed E-state index contributed by atoms with van der Waals surface area (Å²) in [5.74, 6) is 2.44. The van der Waals surface area contributed by atoms with E-state index in [1.165, 1.54) is 0 Å². The third kappa shape index (κ3) is 4.09. The van der Waals surface area contributed by atoms with Crippen LogP contribution in [0, 0.1) is 0 Å². The van der Waals surface area contributed by atoms with Gasteiger partial charge in [0.05, 0.1) is 26.0 Å². The van der Waals surface area contributed by atoms with Crippen LogP contribution in [0.4, 0.5) is 23.5 Å². The Morgan fingerprint density at radius 3 is 2.50 bits per heavy atom. The van der Waals surface area contributed by atoms with Gasteiger partial charge in [-0.3, -0.25) is 0 Å². The lowest BCUT2D eigenvalue weighted by atomic mass is 10.3. The third-order valence-electron chi connectivity index (χ3n) is 3.95. The fourth-order valence-electron chi connectivity index (χ4n) is 2.63. The Bertz CT molecular complexity index is 819. The van der Waals surface area contributed by atoms with Crippen molar-refractivity contribution >= 4 is 23.5 Å². The van der Waals surface area contributed by atoms with Gasteiger partial charge in [0.15, 0.2) is 0 Å². The number of anilines is 4. The molecular weight excluding hydrogens is 332 g/mol. The van der Waals surface area contributed by atoms with Gasteiger partial charge >= 0.3 is 0 Å². The number of aromatic nitrogens is 3. The number of hydrogen-bond donors (Lipinski definition) is 2. The normalized spacial score (nSPS) is 14.2. The van der Waals surface area contributed by atoms with E-state index >= 15 is 0 Å². The molecule has 3 aromatic rings. The Labute approximate surface area is 151 Å². The van der Waals surface area contributed by atoms with Crippen LogP contribution in [0.2, 0.25) is 0 Å². The van der Waals surface area contributed by atoms with Gasteiger partial charge in [0.1, 0.15) is 5.76 Å². The molecule has 0 radical (unpaired) electrons. The van der Waals surface area contributed by atoms with Crippen molar-refractivity contribution in [3.63, 3.8) is 0 Å². The van der Waals surface area contributed by atoms with Gasteiger partial charge in [0, 0.05) is 18.8 Å². The number of benzene rings is 1. The molecule has 26 heavy (non-hydrogen) atoms. The first-order valence-corrected chi connectivity index (χ1v) is 8.54.